The summed E-state index contributed by atoms with van der Waals surface area (Å²) in [5, 5.41) is 28.9. The Kier molecular flexibility index (Phi) is 28.8. The highest BCUT2D eigenvalue weighted by molar-refractivity contribution is 5.98. The van der Waals surface area contributed by atoms with Crippen molar-refractivity contribution < 1.29 is 53.1 Å². The monoisotopic (exact) mass is 1140 g/mol. The first-order chi connectivity index (χ1) is 38.4. The molecular weight excluding hydrogens is 1050 g/mol. The average Bonchev–Trinajstić information content (AvgIpc) is 4.20. The van der Waals surface area contributed by atoms with Crippen LogP contribution >= 0.6 is 0 Å². The van der Waals surface area contributed by atoms with Crippen LogP contribution < -0.4 is 65.9 Å². The largest absolute Gasteiger partial charge is 0.480 e. The molecule has 2 aromatic rings. The molecular formula is C54H88N16O11. The standard InChI is InChI=1S/C54H88N16O11/c1-7-32(6)44(69-50(77)43(31(4)5)68-45(72)35(56)20-21-42(57)71)51(78)67-39(26-33-15-9-8-10-16-33)47(74)63-36(18-13-23-61-54(58)59)52(79)70-24-14-19-41(70)49(76)66-38(25-30(2)3)46(73)65-40(27-34-28-60-29-62-34)48(75)64-37(53(80)81)17-11-12-22-55/h8-10,15-16,28-32,35-41,43-44H,7,11-14,17-27,55-56H2,1-6H3,(H2,57,71)(H,60,62)(H,63,74)(H,64,75)(H,65,73)(H,66,76)(H,67,78)(H,68,72)(H,69,77)(H,80,81)(H4,58,59,61)/t32-,35-,36-,37-,38-,39-,40-,41-,43-,44-/m0/s1. The Morgan fingerprint density at radius 3 is 1.89 bits per heavy atom. The zero-order valence-electron chi connectivity index (χ0n) is 47.5. The zero-order chi connectivity index (χ0) is 60.3. The van der Waals surface area contributed by atoms with Crippen LogP contribution in [0.15, 0.2) is 47.8 Å². The molecule has 27 heteroatoms. The number of hydrogen-bond donors (Lipinski definition) is 14. The lowest BCUT2D eigenvalue weighted by Crippen LogP contribution is -2.61. The SMILES string of the molecule is CC[C@H](C)[C@H](NC(=O)[C@@H](NC(=O)[C@@H](N)CCC(N)=O)C(C)C)C(=O)N[C@@H](Cc1ccccc1)C(=O)N[C@@H](CCCN=C(N)N)C(=O)N1CCC[C@H]1C(=O)N[C@@H](CC(C)C)C(=O)N[C@@H](Cc1cnc[nH]1)C(=O)N[C@@H](CCCCN)C(=O)O. The number of carbonyl (C=O) groups excluding carboxylic acids is 9. The maximum Gasteiger partial charge on any atom is 0.326 e. The van der Waals surface area contributed by atoms with Gasteiger partial charge < -0.3 is 80.9 Å². The van der Waals surface area contributed by atoms with Crippen molar-refractivity contribution in [1.29, 1.82) is 0 Å². The summed E-state index contributed by atoms with van der Waals surface area (Å²) >= 11 is 0. The molecule has 1 fully saturated rings. The molecule has 1 aliphatic rings. The van der Waals surface area contributed by atoms with Gasteiger partial charge in [0.2, 0.25) is 53.2 Å². The lowest BCUT2D eigenvalue weighted by molar-refractivity contribution is -0.143. The van der Waals surface area contributed by atoms with Gasteiger partial charge in [0.25, 0.3) is 0 Å². The Balaban J connectivity index is 1.94. The Labute approximate surface area is 473 Å². The second-order valence-corrected chi connectivity index (χ2v) is 21.4. The summed E-state index contributed by atoms with van der Waals surface area (Å²) in [5.74, 6) is -8.99. The van der Waals surface area contributed by atoms with Crippen molar-refractivity contribution in [2.45, 2.75) is 179 Å². The van der Waals surface area contributed by atoms with Crippen LogP contribution in [0.3, 0.4) is 0 Å². The summed E-state index contributed by atoms with van der Waals surface area (Å²) in [6.45, 7) is 11.1. The molecule has 450 valence electrons. The number of amides is 9. The number of H-pyrrole nitrogens is 1. The maximum atomic E-state index is 14.8. The van der Waals surface area contributed by atoms with Crippen LogP contribution in [0, 0.1) is 17.8 Å². The van der Waals surface area contributed by atoms with Crippen molar-refractivity contribution in [3.8, 4) is 0 Å². The van der Waals surface area contributed by atoms with E-state index in [0.717, 1.165) is 0 Å². The quantitative estimate of drug-likeness (QED) is 0.0203. The average molecular weight is 1140 g/mol. The van der Waals surface area contributed by atoms with E-state index in [2.05, 4.69) is 52.2 Å². The first-order valence-electron chi connectivity index (χ1n) is 27.8. The molecule has 1 aromatic heterocycles. The summed E-state index contributed by atoms with van der Waals surface area (Å²) in [6.07, 6.45) is 4.78. The Morgan fingerprint density at radius 1 is 0.716 bits per heavy atom. The van der Waals surface area contributed by atoms with Crippen molar-refractivity contribution in [2.75, 3.05) is 19.6 Å². The number of nitrogens with one attached hydrogen (secondary N) is 8. The molecule has 3 rings (SSSR count). The van der Waals surface area contributed by atoms with Crippen LogP contribution in [0.4, 0.5) is 0 Å². The van der Waals surface area contributed by atoms with E-state index in [1.54, 1.807) is 51.1 Å². The van der Waals surface area contributed by atoms with Crippen molar-refractivity contribution in [3.63, 3.8) is 0 Å². The number of carbonyl (C=O) groups is 10. The number of primary amides is 1. The number of unbranched alkanes of at least 4 members (excludes halogenated alkanes) is 1. The number of rotatable bonds is 36. The van der Waals surface area contributed by atoms with Gasteiger partial charge in [0.05, 0.1) is 12.4 Å². The van der Waals surface area contributed by atoms with Crippen LogP contribution in [-0.2, 0) is 60.8 Å². The topological polar surface area (TPSA) is 450 Å². The van der Waals surface area contributed by atoms with Gasteiger partial charge in [-0.25, -0.2) is 9.78 Å². The van der Waals surface area contributed by atoms with Gasteiger partial charge in [-0.05, 0) is 87.6 Å². The van der Waals surface area contributed by atoms with Gasteiger partial charge in [-0.2, -0.15) is 0 Å². The van der Waals surface area contributed by atoms with E-state index in [0.29, 0.717) is 43.5 Å². The van der Waals surface area contributed by atoms with E-state index in [1.165, 1.54) is 17.4 Å². The number of carboxylic acids is 1. The number of nitrogens with zero attached hydrogens (tertiary/aromatic N) is 3. The molecule has 81 heavy (non-hydrogen) atoms. The molecule has 0 bridgehead atoms. The van der Waals surface area contributed by atoms with E-state index < -0.39 is 125 Å². The number of aliphatic imine (C=N–C) groups is 1. The minimum absolute atomic E-state index is 0.0217. The van der Waals surface area contributed by atoms with Crippen LogP contribution in [0.2, 0.25) is 0 Å². The molecule has 1 aromatic carbocycles. The molecule has 0 unspecified atom stereocenters. The first kappa shape index (κ1) is 67.6. The molecule has 0 saturated carbocycles. The van der Waals surface area contributed by atoms with Gasteiger partial charge in [-0.1, -0.05) is 78.3 Å². The number of imidazole rings is 1. The number of aromatic nitrogens is 2. The van der Waals surface area contributed by atoms with Crippen molar-refractivity contribution >= 4 is 65.1 Å². The normalized spacial score (nSPS) is 16.5. The predicted octanol–water partition coefficient (Wildman–Crippen LogP) is -1.81. The summed E-state index contributed by atoms with van der Waals surface area (Å²) in [5.41, 5.74) is 29.1. The maximum absolute atomic E-state index is 14.8. The fourth-order valence-electron chi connectivity index (χ4n) is 9.12. The lowest BCUT2D eigenvalue weighted by Gasteiger charge is -2.32. The predicted molar refractivity (Wildman–Crippen MR) is 301 cm³/mol. The van der Waals surface area contributed by atoms with Gasteiger partial charge in [0, 0.05) is 44.2 Å². The van der Waals surface area contributed by atoms with Gasteiger partial charge in [0.1, 0.15) is 48.3 Å². The first-order valence-corrected chi connectivity index (χ1v) is 27.8. The van der Waals surface area contributed by atoms with E-state index in [1.807, 2.05) is 20.8 Å². The molecule has 9 amide bonds. The third kappa shape index (κ3) is 23.1. The molecule has 0 spiro atoms. The van der Waals surface area contributed by atoms with E-state index in [9.17, 15) is 53.1 Å². The highest BCUT2D eigenvalue weighted by Gasteiger charge is 2.41. The van der Waals surface area contributed by atoms with Crippen LogP contribution in [0.5, 0.6) is 0 Å². The molecule has 19 N–H and O–H groups in total. The number of hydrogen-bond acceptors (Lipinski definition) is 14. The number of likely N-dealkylation sites (tertiary alicyclic amines) is 1. The lowest BCUT2D eigenvalue weighted by atomic mass is 9.95. The fourth-order valence-corrected chi connectivity index (χ4v) is 9.12. The van der Waals surface area contributed by atoms with Gasteiger partial charge in [0.15, 0.2) is 5.96 Å². The third-order valence-corrected chi connectivity index (χ3v) is 13.9. The van der Waals surface area contributed by atoms with Crippen LogP contribution in [0.25, 0.3) is 0 Å². The second-order valence-electron chi connectivity index (χ2n) is 21.4. The molecule has 0 radical (unpaired) electrons. The van der Waals surface area contributed by atoms with Crippen molar-refractivity contribution in [3.05, 3.63) is 54.1 Å². The minimum Gasteiger partial charge on any atom is -0.480 e. The second kappa shape index (κ2) is 34.5. The molecule has 27 nitrogen and oxygen atoms in total. The van der Waals surface area contributed by atoms with Gasteiger partial charge >= 0.3 is 5.97 Å². The van der Waals surface area contributed by atoms with Crippen molar-refractivity contribution in [1.82, 2.24) is 52.1 Å². The Bertz CT molecular complexity index is 2420. The van der Waals surface area contributed by atoms with Gasteiger partial charge in [-0.3, -0.25) is 48.1 Å². The van der Waals surface area contributed by atoms with Gasteiger partial charge in [-0.15, -0.1) is 0 Å². The van der Waals surface area contributed by atoms with Crippen LogP contribution in [0.1, 0.15) is 123 Å². The third-order valence-electron chi connectivity index (χ3n) is 13.9. The summed E-state index contributed by atoms with van der Waals surface area (Å²) < 4.78 is 0. The molecule has 1 aliphatic heterocycles. The number of aliphatic carboxylic acids is 1. The van der Waals surface area contributed by atoms with Crippen molar-refractivity contribution in [2.24, 2.45) is 51.4 Å². The smallest absolute Gasteiger partial charge is 0.326 e. The molecule has 2 heterocycles. The summed E-state index contributed by atoms with van der Waals surface area (Å²) in [6, 6.07) is -2.29. The van der Waals surface area contributed by atoms with E-state index in [-0.39, 0.29) is 82.8 Å². The fraction of sp³-hybridized carbons (Fsp3) is 0.630. The van der Waals surface area contributed by atoms with E-state index in [4.69, 9.17) is 28.7 Å². The molecule has 1 saturated heterocycles. The minimum atomic E-state index is -1.33. The summed E-state index contributed by atoms with van der Waals surface area (Å²) in [4.78, 5) is 149. The highest BCUT2D eigenvalue weighted by atomic mass is 16.4. The van der Waals surface area contributed by atoms with Crippen LogP contribution in [-0.4, -0.2) is 159 Å². The number of guanidine groups is 1. The number of nitrogens with two attached hydrogens (primary N) is 5. The van der Waals surface area contributed by atoms with E-state index >= 15 is 0 Å². The summed E-state index contributed by atoms with van der Waals surface area (Å²) in [7, 11) is 0. The number of aromatic amines is 1. The number of benzene rings is 1. The molecule has 0 aliphatic carbocycles. The molecule has 10 atom stereocenters. The Hall–Kier alpha value is -7.68. The Morgan fingerprint density at radius 2 is 1.31 bits per heavy atom. The number of carboxylic acid groups (broad SMARTS) is 1. The highest BCUT2D eigenvalue weighted by Crippen LogP contribution is 2.22. The zero-order valence-corrected chi connectivity index (χ0v) is 47.5.